The summed E-state index contributed by atoms with van der Waals surface area (Å²) in [6, 6.07) is 5.79. The van der Waals surface area contributed by atoms with Gasteiger partial charge in [0.1, 0.15) is 11.8 Å². The van der Waals surface area contributed by atoms with Gasteiger partial charge in [0.15, 0.2) is 0 Å². The molecule has 0 bridgehead atoms. The molecule has 1 heterocycles. The summed E-state index contributed by atoms with van der Waals surface area (Å²) in [6.07, 6.45) is 5.03. The molecule has 4 heteroatoms. The Hall–Kier alpha value is -1.44. The molecule has 1 saturated carbocycles. The second-order valence-electron chi connectivity index (χ2n) is 4.11. The first kappa shape index (κ1) is 11.1. The minimum Gasteiger partial charge on any atom is -0.372 e. The van der Waals surface area contributed by atoms with Crippen molar-refractivity contribution in [2.75, 3.05) is 0 Å². The van der Waals surface area contributed by atoms with Crippen LogP contribution >= 0.6 is 0 Å². The third-order valence-electron chi connectivity index (χ3n) is 2.91. The molecular formula is C12H15N3O. The SMILES string of the molecule is N#Cc1cc(COC2CCCC2N)ccn1. The van der Waals surface area contributed by atoms with Crippen LogP contribution in [0, 0.1) is 11.3 Å². The van der Waals surface area contributed by atoms with Crippen LogP contribution in [0.2, 0.25) is 0 Å². The van der Waals surface area contributed by atoms with Gasteiger partial charge in [-0.2, -0.15) is 5.26 Å². The van der Waals surface area contributed by atoms with Gasteiger partial charge in [-0.3, -0.25) is 0 Å². The van der Waals surface area contributed by atoms with Crippen LogP contribution in [-0.2, 0) is 11.3 Å². The summed E-state index contributed by atoms with van der Waals surface area (Å²) >= 11 is 0. The van der Waals surface area contributed by atoms with E-state index < -0.39 is 0 Å². The number of aromatic nitrogens is 1. The molecule has 0 saturated heterocycles. The molecule has 2 atom stereocenters. The van der Waals surface area contributed by atoms with E-state index in [0.29, 0.717) is 12.3 Å². The molecule has 4 nitrogen and oxygen atoms in total. The summed E-state index contributed by atoms with van der Waals surface area (Å²) in [5.74, 6) is 0. The zero-order chi connectivity index (χ0) is 11.4. The van der Waals surface area contributed by atoms with E-state index in [1.54, 1.807) is 12.3 Å². The van der Waals surface area contributed by atoms with E-state index >= 15 is 0 Å². The number of nitrogens with zero attached hydrogens (tertiary/aromatic N) is 2. The first-order valence-electron chi connectivity index (χ1n) is 5.52. The van der Waals surface area contributed by atoms with Gasteiger partial charge in [0, 0.05) is 12.2 Å². The molecule has 2 unspecified atom stereocenters. The Morgan fingerprint density at radius 2 is 2.44 bits per heavy atom. The molecule has 0 aliphatic heterocycles. The van der Waals surface area contributed by atoms with Crippen molar-refractivity contribution >= 4 is 0 Å². The summed E-state index contributed by atoms with van der Waals surface area (Å²) in [5.41, 5.74) is 7.31. The predicted octanol–water partition coefficient (Wildman–Crippen LogP) is 1.35. The number of hydrogen-bond acceptors (Lipinski definition) is 4. The lowest BCUT2D eigenvalue weighted by molar-refractivity contribution is 0.0357. The van der Waals surface area contributed by atoms with Crippen LogP contribution in [0.5, 0.6) is 0 Å². The van der Waals surface area contributed by atoms with E-state index in [0.717, 1.165) is 24.8 Å². The fourth-order valence-corrected chi connectivity index (χ4v) is 1.99. The molecular weight excluding hydrogens is 202 g/mol. The van der Waals surface area contributed by atoms with Gasteiger partial charge >= 0.3 is 0 Å². The molecule has 0 spiro atoms. The summed E-state index contributed by atoms with van der Waals surface area (Å²) < 4.78 is 5.74. The Balaban J connectivity index is 1.92. The number of pyridine rings is 1. The van der Waals surface area contributed by atoms with Gasteiger partial charge in [0.25, 0.3) is 0 Å². The minimum atomic E-state index is 0.164. The summed E-state index contributed by atoms with van der Waals surface area (Å²) in [7, 11) is 0. The molecule has 0 radical (unpaired) electrons. The Morgan fingerprint density at radius 1 is 1.56 bits per heavy atom. The highest BCUT2D eigenvalue weighted by Crippen LogP contribution is 2.21. The van der Waals surface area contributed by atoms with Crippen LogP contribution < -0.4 is 5.73 Å². The number of nitriles is 1. The fourth-order valence-electron chi connectivity index (χ4n) is 1.99. The number of rotatable bonds is 3. The predicted molar refractivity (Wildman–Crippen MR) is 59.4 cm³/mol. The zero-order valence-electron chi connectivity index (χ0n) is 9.10. The van der Waals surface area contributed by atoms with Crippen LogP contribution in [0.4, 0.5) is 0 Å². The third kappa shape index (κ3) is 2.57. The lowest BCUT2D eigenvalue weighted by atomic mass is 10.2. The van der Waals surface area contributed by atoms with Crippen molar-refractivity contribution in [1.29, 1.82) is 5.26 Å². The van der Waals surface area contributed by atoms with E-state index in [1.807, 2.05) is 12.1 Å². The first-order chi connectivity index (χ1) is 7.79. The van der Waals surface area contributed by atoms with Crippen molar-refractivity contribution in [1.82, 2.24) is 4.98 Å². The van der Waals surface area contributed by atoms with Crippen molar-refractivity contribution in [3.63, 3.8) is 0 Å². The van der Waals surface area contributed by atoms with Gasteiger partial charge in [-0.1, -0.05) is 0 Å². The van der Waals surface area contributed by atoms with Gasteiger partial charge in [-0.25, -0.2) is 4.98 Å². The van der Waals surface area contributed by atoms with Crippen molar-refractivity contribution in [2.24, 2.45) is 5.73 Å². The molecule has 1 aliphatic carbocycles. The quantitative estimate of drug-likeness (QED) is 0.829. The third-order valence-corrected chi connectivity index (χ3v) is 2.91. The van der Waals surface area contributed by atoms with Crippen molar-refractivity contribution in [3.8, 4) is 6.07 Å². The molecule has 0 aromatic carbocycles. The summed E-state index contributed by atoms with van der Waals surface area (Å²) in [5, 5.41) is 8.71. The zero-order valence-corrected chi connectivity index (χ0v) is 9.10. The smallest absolute Gasteiger partial charge is 0.140 e. The van der Waals surface area contributed by atoms with Crippen LogP contribution in [0.25, 0.3) is 0 Å². The molecule has 0 amide bonds. The van der Waals surface area contributed by atoms with Crippen LogP contribution in [0.1, 0.15) is 30.5 Å². The largest absolute Gasteiger partial charge is 0.372 e. The topological polar surface area (TPSA) is 71.9 Å². The highest BCUT2D eigenvalue weighted by molar-refractivity contribution is 5.24. The van der Waals surface area contributed by atoms with E-state index in [-0.39, 0.29) is 12.1 Å². The van der Waals surface area contributed by atoms with Crippen molar-refractivity contribution < 1.29 is 4.74 Å². The molecule has 1 aromatic heterocycles. The van der Waals surface area contributed by atoms with Gasteiger partial charge in [0.05, 0.1) is 12.7 Å². The molecule has 1 aromatic rings. The maximum absolute atomic E-state index is 8.71. The van der Waals surface area contributed by atoms with Crippen LogP contribution in [-0.4, -0.2) is 17.1 Å². The van der Waals surface area contributed by atoms with Gasteiger partial charge in [-0.15, -0.1) is 0 Å². The molecule has 1 fully saturated rings. The van der Waals surface area contributed by atoms with E-state index in [4.69, 9.17) is 15.7 Å². The average molecular weight is 217 g/mol. The molecule has 84 valence electrons. The van der Waals surface area contributed by atoms with E-state index in [1.165, 1.54) is 0 Å². The van der Waals surface area contributed by atoms with Crippen LogP contribution in [0.3, 0.4) is 0 Å². The van der Waals surface area contributed by atoms with Gasteiger partial charge < -0.3 is 10.5 Å². The summed E-state index contributed by atoms with van der Waals surface area (Å²) in [6.45, 7) is 0.509. The molecule has 2 rings (SSSR count). The average Bonchev–Trinajstić information content (AvgIpc) is 2.72. The van der Waals surface area contributed by atoms with Crippen LogP contribution in [0.15, 0.2) is 18.3 Å². The van der Waals surface area contributed by atoms with Crippen molar-refractivity contribution in [2.45, 2.75) is 38.0 Å². The van der Waals surface area contributed by atoms with E-state index in [9.17, 15) is 0 Å². The lowest BCUT2D eigenvalue weighted by Gasteiger charge is -2.16. The molecule has 2 N–H and O–H groups in total. The monoisotopic (exact) mass is 217 g/mol. The lowest BCUT2D eigenvalue weighted by Crippen LogP contribution is -2.31. The highest BCUT2D eigenvalue weighted by Gasteiger charge is 2.24. The van der Waals surface area contributed by atoms with Gasteiger partial charge in [-0.05, 0) is 37.0 Å². The summed E-state index contributed by atoms with van der Waals surface area (Å²) in [4.78, 5) is 3.91. The highest BCUT2D eigenvalue weighted by atomic mass is 16.5. The molecule has 1 aliphatic rings. The Labute approximate surface area is 95.0 Å². The number of nitrogens with two attached hydrogens (primary N) is 1. The Morgan fingerprint density at radius 3 is 3.12 bits per heavy atom. The maximum atomic E-state index is 8.71. The molecule has 16 heavy (non-hydrogen) atoms. The van der Waals surface area contributed by atoms with E-state index in [2.05, 4.69) is 4.98 Å². The number of ether oxygens (including phenoxy) is 1. The fraction of sp³-hybridized carbons (Fsp3) is 0.500. The first-order valence-corrected chi connectivity index (χ1v) is 5.52. The van der Waals surface area contributed by atoms with Gasteiger partial charge in [0.2, 0.25) is 0 Å². The number of hydrogen-bond donors (Lipinski definition) is 1. The Bertz CT molecular complexity index is 399. The normalized spacial score (nSPS) is 24.2. The Kier molecular flexibility index (Phi) is 3.50. The second-order valence-corrected chi connectivity index (χ2v) is 4.11. The second kappa shape index (κ2) is 5.06. The maximum Gasteiger partial charge on any atom is 0.140 e. The minimum absolute atomic E-state index is 0.164. The standard InChI is InChI=1S/C12H15N3O/c13-7-10-6-9(4-5-15-10)8-16-12-3-1-2-11(12)14/h4-6,11-12H,1-3,8,14H2. The van der Waals surface area contributed by atoms with Crippen molar-refractivity contribution in [3.05, 3.63) is 29.6 Å².